The van der Waals surface area contributed by atoms with Crippen LogP contribution in [0.25, 0.3) is 0 Å². The number of carbonyl (C=O) groups excluding carboxylic acids is 2. The van der Waals surface area contributed by atoms with Gasteiger partial charge in [0.15, 0.2) is 11.5 Å². The number of halogens is 2. The van der Waals surface area contributed by atoms with Crippen LogP contribution in [-0.2, 0) is 17.8 Å². The van der Waals surface area contributed by atoms with E-state index < -0.39 is 17.7 Å². The maximum atomic E-state index is 14.1. The third kappa shape index (κ3) is 8.17. The van der Waals surface area contributed by atoms with Crippen molar-refractivity contribution < 1.29 is 27.8 Å². The van der Waals surface area contributed by atoms with E-state index in [1.54, 1.807) is 30.5 Å². The molecule has 204 valence electrons. The molecule has 0 aliphatic carbocycles. The number of methoxy groups -OCH3 is 2. The molecular weight excluding hydrogens is 512 g/mol. The van der Waals surface area contributed by atoms with Gasteiger partial charge in [-0.3, -0.25) is 4.79 Å². The van der Waals surface area contributed by atoms with Gasteiger partial charge in [0.25, 0.3) is 0 Å². The van der Waals surface area contributed by atoms with E-state index in [1.165, 1.54) is 4.90 Å². The van der Waals surface area contributed by atoms with Gasteiger partial charge in [0, 0.05) is 24.0 Å². The molecule has 3 aromatic rings. The summed E-state index contributed by atoms with van der Waals surface area (Å²) in [6.45, 7) is 4.74. The van der Waals surface area contributed by atoms with Crippen molar-refractivity contribution in [3.8, 4) is 11.5 Å². The second-order valence-corrected chi connectivity index (χ2v) is 10.2. The van der Waals surface area contributed by atoms with Crippen LogP contribution in [0.3, 0.4) is 0 Å². The van der Waals surface area contributed by atoms with Crippen LogP contribution in [0.4, 0.5) is 19.3 Å². The minimum Gasteiger partial charge on any atom is -0.493 e. The lowest BCUT2D eigenvalue weighted by Crippen LogP contribution is -2.46. The Morgan fingerprint density at radius 2 is 1.76 bits per heavy atom. The number of nitrogens with one attached hydrogen (secondary N) is 1. The highest BCUT2D eigenvalue weighted by atomic mass is 32.1. The summed E-state index contributed by atoms with van der Waals surface area (Å²) in [6, 6.07) is 11.8. The molecule has 0 unspecified atom stereocenters. The Bertz CT molecular complexity index is 1220. The van der Waals surface area contributed by atoms with Crippen LogP contribution in [0.2, 0.25) is 0 Å². The smallest absolute Gasteiger partial charge is 0.322 e. The van der Waals surface area contributed by atoms with Crippen LogP contribution in [0.5, 0.6) is 11.5 Å². The monoisotopic (exact) mass is 545 g/mol. The molecule has 10 heteroatoms. The van der Waals surface area contributed by atoms with Gasteiger partial charge in [-0.25, -0.2) is 13.6 Å². The number of nitrogens with zero attached hydrogens (tertiary/aromatic N) is 2. The predicted octanol–water partition coefficient (Wildman–Crippen LogP) is 5.80. The van der Waals surface area contributed by atoms with Crippen molar-refractivity contribution in [3.05, 3.63) is 76.0 Å². The fraction of sp³-hybridized carbons (Fsp3) is 0.357. The fourth-order valence-corrected chi connectivity index (χ4v) is 4.61. The number of carbonyl (C=O) groups is 2. The van der Waals surface area contributed by atoms with E-state index in [4.69, 9.17) is 9.47 Å². The van der Waals surface area contributed by atoms with Crippen molar-refractivity contribution in [2.24, 2.45) is 5.92 Å². The van der Waals surface area contributed by atoms with Gasteiger partial charge in [-0.15, -0.1) is 11.3 Å². The lowest BCUT2D eigenvalue weighted by Gasteiger charge is -2.29. The van der Waals surface area contributed by atoms with E-state index in [2.05, 4.69) is 5.32 Å². The number of ether oxygens (including phenoxy) is 2. The third-order valence-electron chi connectivity index (χ3n) is 5.77. The molecule has 0 bridgehead atoms. The molecule has 1 N–H and O–H groups in total. The molecule has 7 nitrogen and oxygen atoms in total. The lowest BCUT2D eigenvalue weighted by molar-refractivity contribution is -0.132. The summed E-state index contributed by atoms with van der Waals surface area (Å²) in [6.07, 6.45) is 0.564. The van der Waals surface area contributed by atoms with Crippen LogP contribution in [0.15, 0.2) is 53.9 Å². The molecule has 0 spiro atoms. The topological polar surface area (TPSA) is 71.1 Å². The third-order valence-corrected chi connectivity index (χ3v) is 6.63. The van der Waals surface area contributed by atoms with Gasteiger partial charge >= 0.3 is 6.03 Å². The molecule has 1 aromatic heterocycles. The molecule has 0 saturated heterocycles. The van der Waals surface area contributed by atoms with E-state index in [0.29, 0.717) is 37.1 Å². The van der Waals surface area contributed by atoms with Gasteiger partial charge in [0.1, 0.15) is 18.2 Å². The minimum absolute atomic E-state index is 0.0594. The van der Waals surface area contributed by atoms with Crippen molar-refractivity contribution in [1.82, 2.24) is 9.80 Å². The quantitative estimate of drug-likeness (QED) is 0.312. The summed E-state index contributed by atoms with van der Waals surface area (Å²) in [5.41, 5.74) is 0.816. The van der Waals surface area contributed by atoms with Gasteiger partial charge in [-0.1, -0.05) is 26.0 Å². The number of benzene rings is 2. The number of amides is 3. The molecule has 0 fully saturated rings. The van der Waals surface area contributed by atoms with Gasteiger partial charge in [0.05, 0.1) is 26.5 Å². The fourth-order valence-electron chi connectivity index (χ4n) is 3.89. The molecule has 38 heavy (non-hydrogen) atoms. The summed E-state index contributed by atoms with van der Waals surface area (Å²) < 4.78 is 38.1. The second-order valence-electron chi connectivity index (χ2n) is 9.16. The molecule has 3 amide bonds. The summed E-state index contributed by atoms with van der Waals surface area (Å²) >= 11 is 1.55. The zero-order chi connectivity index (χ0) is 27.7. The van der Waals surface area contributed by atoms with Crippen molar-refractivity contribution in [1.29, 1.82) is 0 Å². The van der Waals surface area contributed by atoms with Crippen LogP contribution in [-0.4, -0.2) is 55.6 Å². The number of rotatable bonds is 12. The molecular formula is C28H33F2N3O4S. The van der Waals surface area contributed by atoms with Crippen LogP contribution >= 0.6 is 11.3 Å². The van der Waals surface area contributed by atoms with E-state index >= 15 is 0 Å². The summed E-state index contributed by atoms with van der Waals surface area (Å²) in [5, 5.41) is 4.41. The first-order chi connectivity index (χ1) is 18.2. The molecule has 3 rings (SSSR count). The largest absolute Gasteiger partial charge is 0.493 e. The van der Waals surface area contributed by atoms with Crippen LogP contribution < -0.4 is 14.8 Å². The number of anilines is 1. The summed E-state index contributed by atoms with van der Waals surface area (Å²) in [5.74, 6) is -0.583. The molecule has 0 aliphatic heterocycles. The number of hydrogen-bond donors (Lipinski definition) is 1. The predicted molar refractivity (Wildman–Crippen MR) is 145 cm³/mol. The maximum Gasteiger partial charge on any atom is 0.322 e. The van der Waals surface area contributed by atoms with Gasteiger partial charge < -0.3 is 24.6 Å². The Morgan fingerprint density at radius 3 is 2.39 bits per heavy atom. The molecule has 1 heterocycles. The van der Waals surface area contributed by atoms with Gasteiger partial charge in [0.2, 0.25) is 5.91 Å². The van der Waals surface area contributed by atoms with Gasteiger partial charge in [-0.05, 0) is 53.6 Å². The van der Waals surface area contributed by atoms with E-state index in [1.807, 2.05) is 49.6 Å². The van der Waals surface area contributed by atoms with E-state index in [-0.39, 0.29) is 30.6 Å². The highest BCUT2D eigenvalue weighted by Crippen LogP contribution is 2.28. The molecule has 0 aliphatic rings. The zero-order valence-electron chi connectivity index (χ0n) is 22.0. The highest BCUT2D eigenvalue weighted by molar-refractivity contribution is 7.09. The van der Waals surface area contributed by atoms with Crippen molar-refractivity contribution in [3.63, 3.8) is 0 Å². The van der Waals surface area contributed by atoms with Crippen molar-refractivity contribution in [2.45, 2.75) is 26.8 Å². The summed E-state index contributed by atoms with van der Waals surface area (Å²) in [4.78, 5) is 30.6. The number of hydrogen-bond acceptors (Lipinski definition) is 5. The zero-order valence-corrected chi connectivity index (χ0v) is 22.8. The molecule has 0 saturated carbocycles. The van der Waals surface area contributed by atoms with Crippen LogP contribution in [0, 0.1) is 17.6 Å². The van der Waals surface area contributed by atoms with Crippen molar-refractivity contribution >= 4 is 29.0 Å². The molecule has 0 radical (unpaired) electrons. The highest BCUT2D eigenvalue weighted by Gasteiger charge is 2.23. The van der Waals surface area contributed by atoms with E-state index in [9.17, 15) is 18.4 Å². The normalized spacial score (nSPS) is 10.8. The first-order valence-corrected chi connectivity index (χ1v) is 13.1. The number of urea groups is 1. The second kappa shape index (κ2) is 13.8. The Hall–Kier alpha value is -3.66. The van der Waals surface area contributed by atoms with Gasteiger partial charge in [-0.2, -0.15) is 0 Å². The average molecular weight is 546 g/mol. The Kier molecular flexibility index (Phi) is 10.5. The maximum absolute atomic E-state index is 14.1. The van der Waals surface area contributed by atoms with Crippen molar-refractivity contribution in [2.75, 3.05) is 39.2 Å². The number of thiophene rings is 1. The Labute approximate surface area is 226 Å². The Balaban J connectivity index is 1.76. The minimum atomic E-state index is -0.886. The van der Waals surface area contributed by atoms with Crippen LogP contribution in [0.1, 0.15) is 24.3 Å². The first kappa shape index (κ1) is 28.9. The lowest BCUT2D eigenvalue weighted by atomic mass is 10.1. The molecule has 2 aromatic carbocycles. The average Bonchev–Trinajstić information content (AvgIpc) is 3.40. The SMILES string of the molecule is COc1ccc(CCN(Cc2cccs2)C(=O)CN(CC(C)C)C(=O)Nc2ccc(F)cc2F)cc1OC. The first-order valence-electron chi connectivity index (χ1n) is 12.2. The summed E-state index contributed by atoms with van der Waals surface area (Å²) in [7, 11) is 3.14. The van der Waals surface area contributed by atoms with E-state index in [0.717, 1.165) is 22.6 Å². The Morgan fingerprint density at radius 1 is 1.00 bits per heavy atom. The molecule has 0 atom stereocenters. The standard InChI is InChI=1S/C28H33F2N3O4S/c1-19(2)16-33(28(35)31-24-9-8-21(29)15-23(24)30)18-27(34)32(17-22-6-5-13-38-22)12-11-20-7-10-25(36-3)26(14-20)37-4/h5-10,13-15,19H,11-12,16-18H2,1-4H3,(H,31,35).